The van der Waals surface area contributed by atoms with Gasteiger partial charge in [0.15, 0.2) is 0 Å². The number of nitrogens with zero attached hydrogens (tertiary/aromatic N) is 1. The van der Waals surface area contributed by atoms with Crippen LogP contribution in [0, 0.1) is 0 Å². The summed E-state index contributed by atoms with van der Waals surface area (Å²) >= 11 is 0. The summed E-state index contributed by atoms with van der Waals surface area (Å²) in [5, 5.41) is 3.52. The Morgan fingerprint density at radius 3 is 3.00 bits per heavy atom. The Kier molecular flexibility index (Phi) is 3.06. The molecule has 0 spiro atoms. The maximum absolute atomic E-state index is 3.52. The van der Waals surface area contributed by atoms with E-state index in [0.717, 1.165) is 19.1 Å². The number of fused-ring (bicyclic) bond motifs is 1. The Balaban J connectivity index is 1.81. The van der Waals surface area contributed by atoms with Crippen LogP contribution in [-0.4, -0.2) is 24.0 Å². The first-order valence-electron chi connectivity index (χ1n) is 6.97. The van der Waals surface area contributed by atoms with Crippen LogP contribution in [0.15, 0.2) is 18.2 Å². The minimum Gasteiger partial charge on any atom is -0.385 e. The van der Waals surface area contributed by atoms with E-state index in [1.54, 1.807) is 11.1 Å². The van der Waals surface area contributed by atoms with Gasteiger partial charge in [0, 0.05) is 24.8 Å². The Bertz CT molecular complexity index is 396. The first-order valence-corrected chi connectivity index (χ1v) is 6.97. The van der Waals surface area contributed by atoms with Gasteiger partial charge in [0.2, 0.25) is 0 Å². The zero-order chi connectivity index (χ0) is 11.7. The molecular formula is C15H22N2. The van der Waals surface area contributed by atoms with Crippen LogP contribution in [0.1, 0.15) is 37.3 Å². The van der Waals surface area contributed by atoms with Crippen molar-refractivity contribution in [3.63, 3.8) is 0 Å². The first-order chi connectivity index (χ1) is 8.38. The first kappa shape index (κ1) is 11.1. The van der Waals surface area contributed by atoms with Crippen molar-refractivity contribution in [2.24, 2.45) is 0 Å². The normalized spacial score (nSPS) is 18.9. The van der Waals surface area contributed by atoms with E-state index in [0.29, 0.717) is 0 Å². The molecule has 1 fully saturated rings. The summed E-state index contributed by atoms with van der Waals surface area (Å²) in [6.45, 7) is 5.75. The molecule has 2 aliphatic rings. The Labute approximate surface area is 104 Å². The lowest BCUT2D eigenvalue weighted by Gasteiger charge is -2.25. The molecule has 3 rings (SSSR count). The molecule has 0 unspecified atom stereocenters. The predicted octanol–water partition coefficient (Wildman–Crippen LogP) is 3.03. The van der Waals surface area contributed by atoms with Crippen molar-refractivity contribution in [2.75, 3.05) is 18.4 Å². The van der Waals surface area contributed by atoms with Crippen molar-refractivity contribution >= 4 is 5.69 Å². The molecule has 2 heteroatoms. The van der Waals surface area contributed by atoms with Crippen LogP contribution in [0.4, 0.5) is 5.69 Å². The van der Waals surface area contributed by atoms with Crippen LogP contribution in [-0.2, 0) is 13.0 Å². The van der Waals surface area contributed by atoms with E-state index in [-0.39, 0.29) is 0 Å². The predicted molar refractivity (Wildman–Crippen MR) is 72.4 cm³/mol. The fourth-order valence-electron chi connectivity index (χ4n) is 2.89. The molecule has 0 aromatic heterocycles. The molecule has 0 amide bonds. The molecule has 1 aromatic carbocycles. The quantitative estimate of drug-likeness (QED) is 0.855. The Morgan fingerprint density at radius 2 is 2.24 bits per heavy atom. The van der Waals surface area contributed by atoms with E-state index in [9.17, 15) is 0 Å². The molecule has 1 aliphatic heterocycles. The van der Waals surface area contributed by atoms with Crippen LogP contribution < -0.4 is 5.32 Å². The highest BCUT2D eigenvalue weighted by molar-refractivity contribution is 5.56. The maximum atomic E-state index is 3.52. The lowest BCUT2D eigenvalue weighted by molar-refractivity contribution is 0.268. The second-order valence-electron chi connectivity index (χ2n) is 5.27. The number of anilines is 1. The summed E-state index contributed by atoms with van der Waals surface area (Å²) in [5.74, 6) is 0. The molecule has 0 atom stereocenters. The average molecular weight is 230 g/mol. The van der Waals surface area contributed by atoms with Crippen molar-refractivity contribution in [3.8, 4) is 0 Å². The van der Waals surface area contributed by atoms with Crippen molar-refractivity contribution < 1.29 is 0 Å². The molecule has 17 heavy (non-hydrogen) atoms. The fourth-order valence-corrected chi connectivity index (χ4v) is 2.89. The van der Waals surface area contributed by atoms with Crippen molar-refractivity contribution in [3.05, 3.63) is 29.3 Å². The van der Waals surface area contributed by atoms with Gasteiger partial charge in [0.05, 0.1) is 0 Å². The van der Waals surface area contributed by atoms with E-state index in [2.05, 4.69) is 35.3 Å². The van der Waals surface area contributed by atoms with Gasteiger partial charge in [0.1, 0.15) is 0 Å². The minimum atomic E-state index is 0.868. The van der Waals surface area contributed by atoms with Gasteiger partial charge in [-0.3, -0.25) is 4.90 Å². The zero-order valence-electron chi connectivity index (χ0n) is 10.7. The van der Waals surface area contributed by atoms with Crippen LogP contribution in [0.25, 0.3) is 0 Å². The average Bonchev–Trinajstić information content (AvgIpc) is 3.20. The molecule has 0 saturated heterocycles. The summed E-state index contributed by atoms with van der Waals surface area (Å²) in [5.41, 5.74) is 4.49. The van der Waals surface area contributed by atoms with Crippen molar-refractivity contribution in [2.45, 2.75) is 45.2 Å². The highest BCUT2D eigenvalue weighted by atomic mass is 15.2. The van der Waals surface area contributed by atoms with E-state index in [1.807, 2.05) is 0 Å². The van der Waals surface area contributed by atoms with Crippen LogP contribution in [0.5, 0.6) is 0 Å². The summed E-state index contributed by atoms with van der Waals surface area (Å²) < 4.78 is 0. The molecule has 1 aromatic rings. The lowest BCUT2D eigenvalue weighted by atomic mass is 9.97. The van der Waals surface area contributed by atoms with Crippen LogP contribution in [0.3, 0.4) is 0 Å². The monoisotopic (exact) mass is 230 g/mol. The third kappa shape index (κ3) is 2.32. The van der Waals surface area contributed by atoms with Crippen LogP contribution >= 0.6 is 0 Å². The number of hydrogen-bond donors (Lipinski definition) is 1. The van der Waals surface area contributed by atoms with E-state index in [1.165, 1.54) is 37.9 Å². The van der Waals surface area contributed by atoms with E-state index in [4.69, 9.17) is 0 Å². The molecule has 1 N–H and O–H groups in total. The standard InChI is InChI=1S/C15H22N2/c1-2-17(13-8-9-13)11-12-5-3-7-15-14(12)6-4-10-16-15/h3,5,7,13,16H,2,4,6,8-11H2,1H3. The third-order valence-electron chi connectivity index (χ3n) is 4.03. The summed E-state index contributed by atoms with van der Waals surface area (Å²) in [6, 6.07) is 7.61. The van der Waals surface area contributed by atoms with Gasteiger partial charge in [-0.2, -0.15) is 0 Å². The molecule has 1 aliphatic carbocycles. The number of nitrogens with one attached hydrogen (secondary N) is 1. The summed E-state index contributed by atoms with van der Waals surface area (Å²) in [6.07, 6.45) is 5.34. The van der Waals surface area contributed by atoms with Gasteiger partial charge in [-0.15, -0.1) is 0 Å². The SMILES string of the molecule is CCN(Cc1cccc2c1CCCN2)C1CC1. The molecule has 1 saturated carbocycles. The van der Waals surface area contributed by atoms with E-state index >= 15 is 0 Å². The molecule has 0 radical (unpaired) electrons. The van der Waals surface area contributed by atoms with E-state index < -0.39 is 0 Å². The highest BCUT2D eigenvalue weighted by Gasteiger charge is 2.28. The van der Waals surface area contributed by atoms with Crippen LogP contribution in [0.2, 0.25) is 0 Å². The summed E-state index contributed by atoms with van der Waals surface area (Å²) in [7, 11) is 0. The van der Waals surface area contributed by atoms with Gasteiger partial charge in [-0.1, -0.05) is 19.1 Å². The third-order valence-corrected chi connectivity index (χ3v) is 4.03. The topological polar surface area (TPSA) is 15.3 Å². The lowest BCUT2D eigenvalue weighted by Crippen LogP contribution is -2.26. The second kappa shape index (κ2) is 4.69. The Hall–Kier alpha value is -1.02. The largest absolute Gasteiger partial charge is 0.385 e. The minimum absolute atomic E-state index is 0.868. The van der Waals surface area contributed by atoms with Crippen molar-refractivity contribution in [1.29, 1.82) is 0 Å². The van der Waals surface area contributed by atoms with Crippen molar-refractivity contribution in [1.82, 2.24) is 4.90 Å². The highest BCUT2D eigenvalue weighted by Crippen LogP contribution is 2.31. The second-order valence-corrected chi connectivity index (χ2v) is 5.27. The zero-order valence-corrected chi connectivity index (χ0v) is 10.7. The van der Waals surface area contributed by atoms with Gasteiger partial charge in [-0.05, 0) is 49.4 Å². The van der Waals surface area contributed by atoms with Gasteiger partial charge in [-0.25, -0.2) is 0 Å². The molecule has 92 valence electrons. The number of benzene rings is 1. The molecular weight excluding hydrogens is 208 g/mol. The smallest absolute Gasteiger partial charge is 0.0375 e. The molecule has 0 bridgehead atoms. The fraction of sp³-hybridized carbons (Fsp3) is 0.600. The van der Waals surface area contributed by atoms with Gasteiger partial charge in [0.25, 0.3) is 0 Å². The maximum Gasteiger partial charge on any atom is 0.0375 e. The summed E-state index contributed by atoms with van der Waals surface area (Å²) in [4.78, 5) is 2.63. The molecule has 2 nitrogen and oxygen atoms in total. The molecule has 1 heterocycles. The van der Waals surface area contributed by atoms with Gasteiger partial charge >= 0.3 is 0 Å². The van der Waals surface area contributed by atoms with Gasteiger partial charge < -0.3 is 5.32 Å². The number of rotatable bonds is 4. The Morgan fingerprint density at radius 1 is 1.35 bits per heavy atom. The number of hydrogen-bond acceptors (Lipinski definition) is 2.